The van der Waals surface area contributed by atoms with E-state index in [0.29, 0.717) is 12.2 Å². The van der Waals surface area contributed by atoms with Crippen LogP contribution < -0.4 is 16.2 Å². The number of halogens is 2. The van der Waals surface area contributed by atoms with Crippen molar-refractivity contribution in [2.24, 2.45) is 16.5 Å². The molecule has 1 aromatic carbocycles. The van der Waals surface area contributed by atoms with E-state index in [1.54, 1.807) is 19.1 Å². The van der Waals surface area contributed by atoms with Gasteiger partial charge < -0.3 is 16.2 Å². The first-order valence-electron chi connectivity index (χ1n) is 4.60. The fraction of sp³-hybridized carbons (Fsp3) is 0.300. The van der Waals surface area contributed by atoms with E-state index >= 15 is 0 Å². The van der Waals surface area contributed by atoms with Gasteiger partial charge in [-0.25, -0.2) is 9.38 Å². The third-order valence-electron chi connectivity index (χ3n) is 1.74. The molecule has 0 aromatic heterocycles. The monoisotopic (exact) mass is 339 g/mol. The van der Waals surface area contributed by atoms with Gasteiger partial charge >= 0.3 is 0 Å². The van der Waals surface area contributed by atoms with Crippen molar-refractivity contribution in [2.45, 2.75) is 13.5 Å². The Kier molecular flexibility index (Phi) is 6.78. The van der Waals surface area contributed by atoms with Gasteiger partial charge in [-0.1, -0.05) is 6.07 Å². The quantitative estimate of drug-likeness (QED) is 0.497. The molecule has 0 radical (unpaired) electrons. The van der Waals surface area contributed by atoms with E-state index in [0.717, 1.165) is 0 Å². The highest BCUT2D eigenvalue weighted by Gasteiger charge is 2.03. The molecule has 0 unspecified atom stereocenters. The number of guanidine groups is 1. The highest BCUT2D eigenvalue weighted by Crippen LogP contribution is 2.18. The second kappa shape index (κ2) is 7.26. The molecule has 1 rings (SSSR count). The second-order valence-corrected chi connectivity index (χ2v) is 2.94. The van der Waals surface area contributed by atoms with E-state index in [-0.39, 0.29) is 42.2 Å². The highest BCUT2D eigenvalue weighted by atomic mass is 127. The van der Waals surface area contributed by atoms with Crippen LogP contribution >= 0.6 is 24.0 Å². The molecule has 0 aliphatic heterocycles. The molecule has 6 heteroatoms. The molecule has 0 aliphatic rings. The predicted molar refractivity (Wildman–Crippen MR) is 72.5 cm³/mol. The number of ether oxygens (including phenoxy) is 1. The molecule has 0 bridgehead atoms. The SMILES string of the molecule is CCOc1ccc(CN=C(N)N)cc1F.I. The predicted octanol–water partition coefficient (Wildman–Crippen LogP) is 1.62. The van der Waals surface area contributed by atoms with Crippen LogP contribution in [-0.2, 0) is 6.54 Å². The van der Waals surface area contributed by atoms with E-state index in [1.807, 2.05) is 0 Å². The number of nitrogens with zero attached hydrogens (tertiary/aromatic N) is 1. The van der Waals surface area contributed by atoms with Crippen LogP contribution in [0.2, 0.25) is 0 Å². The van der Waals surface area contributed by atoms with Crippen LogP contribution in [0.3, 0.4) is 0 Å². The number of nitrogens with two attached hydrogens (primary N) is 2. The third kappa shape index (κ3) is 4.65. The Bertz CT molecular complexity index is 367. The number of hydrogen-bond acceptors (Lipinski definition) is 2. The molecule has 4 nitrogen and oxygen atoms in total. The smallest absolute Gasteiger partial charge is 0.186 e. The van der Waals surface area contributed by atoms with Crippen molar-refractivity contribution < 1.29 is 9.13 Å². The molecule has 90 valence electrons. The number of aliphatic imine (C=N–C) groups is 1. The van der Waals surface area contributed by atoms with Gasteiger partial charge in [-0.05, 0) is 24.6 Å². The second-order valence-electron chi connectivity index (χ2n) is 2.94. The Labute approximate surface area is 111 Å². The minimum atomic E-state index is -0.403. The molecule has 0 amide bonds. The minimum Gasteiger partial charge on any atom is -0.491 e. The number of benzene rings is 1. The lowest BCUT2D eigenvalue weighted by Crippen LogP contribution is -2.22. The molecule has 0 saturated carbocycles. The zero-order valence-corrected chi connectivity index (χ0v) is 11.3. The summed E-state index contributed by atoms with van der Waals surface area (Å²) in [6.07, 6.45) is 0. The van der Waals surface area contributed by atoms with Gasteiger partial charge in [0.15, 0.2) is 17.5 Å². The van der Waals surface area contributed by atoms with Crippen LogP contribution in [0.25, 0.3) is 0 Å². The van der Waals surface area contributed by atoms with Crippen molar-refractivity contribution >= 4 is 29.9 Å². The summed E-state index contributed by atoms with van der Waals surface area (Å²) in [5.74, 6) is -0.171. The molecule has 4 N–H and O–H groups in total. The zero-order chi connectivity index (χ0) is 11.3. The maximum Gasteiger partial charge on any atom is 0.186 e. The Morgan fingerprint density at radius 2 is 2.12 bits per heavy atom. The van der Waals surface area contributed by atoms with Gasteiger partial charge in [-0.2, -0.15) is 0 Å². The minimum absolute atomic E-state index is 0. The van der Waals surface area contributed by atoms with E-state index in [2.05, 4.69) is 4.99 Å². The third-order valence-corrected chi connectivity index (χ3v) is 1.74. The molecule has 0 fully saturated rings. The van der Waals surface area contributed by atoms with Crippen LogP contribution in [0.1, 0.15) is 12.5 Å². The van der Waals surface area contributed by atoms with Crippen LogP contribution in [0.15, 0.2) is 23.2 Å². The summed E-state index contributed by atoms with van der Waals surface area (Å²) in [4.78, 5) is 3.78. The Morgan fingerprint density at radius 1 is 1.44 bits per heavy atom. The van der Waals surface area contributed by atoms with Crippen LogP contribution in [-0.4, -0.2) is 12.6 Å². The Hall–Kier alpha value is -1.05. The summed E-state index contributed by atoms with van der Waals surface area (Å²) in [7, 11) is 0. The van der Waals surface area contributed by atoms with E-state index in [4.69, 9.17) is 16.2 Å². The normalized spacial score (nSPS) is 9.12. The van der Waals surface area contributed by atoms with Crippen LogP contribution in [0.4, 0.5) is 4.39 Å². The van der Waals surface area contributed by atoms with Gasteiger partial charge in [0, 0.05) is 0 Å². The van der Waals surface area contributed by atoms with Crippen molar-refractivity contribution in [1.29, 1.82) is 0 Å². The molecule has 0 spiro atoms. The highest BCUT2D eigenvalue weighted by molar-refractivity contribution is 14.0. The average molecular weight is 339 g/mol. The topological polar surface area (TPSA) is 73.6 Å². The number of rotatable bonds is 4. The molecular formula is C10H15FIN3O. The van der Waals surface area contributed by atoms with Gasteiger partial charge in [0.1, 0.15) is 0 Å². The number of hydrogen-bond donors (Lipinski definition) is 2. The summed E-state index contributed by atoms with van der Waals surface area (Å²) >= 11 is 0. The van der Waals surface area contributed by atoms with E-state index < -0.39 is 5.82 Å². The summed E-state index contributed by atoms with van der Waals surface area (Å²) in [6, 6.07) is 4.65. The standard InChI is InChI=1S/C10H14FN3O.HI/c1-2-15-9-4-3-7(5-8(9)11)6-14-10(12)13;/h3-5H,2,6H2,1H3,(H4,12,13,14);1H. The largest absolute Gasteiger partial charge is 0.491 e. The molecule has 0 heterocycles. The average Bonchev–Trinajstić information content (AvgIpc) is 2.19. The Balaban J connectivity index is 0.00000225. The van der Waals surface area contributed by atoms with Gasteiger partial charge in [-0.15, -0.1) is 24.0 Å². The summed E-state index contributed by atoms with van der Waals surface area (Å²) in [5.41, 5.74) is 11.0. The van der Waals surface area contributed by atoms with Crippen LogP contribution in [0, 0.1) is 5.82 Å². The summed E-state index contributed by atoms with van der Waals surface area (Å²) in [5, 5.41) is 0. The Morgan fingerprint density at radius 3 is 2.62 bits per heavy atom. The van der Waals surface area contributed by atoms with Crippen molar-refractivity contribution in [3.63, 3.8) is 0 Å². The van der Waals surface area contributed by atoms with Gasteiger partial charge in [0.25, 0.3) is 0 Å². The lowest BCUT2D eigenvalue weighted by atomic mass is 10.2. The lowest BCUT2D eigenvalue weighted by molar-refractivity contribution is 0.321. The van der Waals surface area contributed by atoms with Gasteiger partial charge in [0.05, 0.1) is 13.2 Å². The van der Waals surface area contributed by atoms with Crippen molar-refractivity contribution in [3.05, 3.63) is 29.6 Å². The maximum absolute atomic E-state index is 13.3. The van der Waals surface area contributed by atoms with Gasteiger partial charge in [0.2, 0.25) is 0 Å². The van der Waals surface area contributed by atoms with Crippen molar-refractivity contribution in [1.82, 2.24) is 0 Å². The van der Waals surface area contributed by atoms with E-state index in [1.165, 1.54) is 6.07 Å². The van der Waals surface area contributed by atoms with Crippen LogP contribution in [0.5, 0.6) is 5.75 Å². The fourth-order valence-electron chi connectivity index (χ4n) is 1.10. The molecule has 0 aliphatic carbocycles. The van der Waals surface area contributed by atoms with Crippen molar-refractivity contribution in [3.8, 4) is 5.75 Å². The fourth-order valence-corrected chi connectivity index (χ4v) is 1.10. The summed E-state index contributed by atoms with van der Waals surface area (Å²) < 4.78 is 18.4. The van der Waals surface area contributed by atoms with Gasteiger partial charge in [-0.3, -0.25) is 0 Å². The maximum atomic E-state index is 13.3. The van der Waals surface area contributed by atoms with E-state index in [9.17, 15) is 4.39 Å². The first kappa shape index (κ1) is 14.9. The van der Waals surface area contributed by atoms with Crippen molar-refractivity contribution in [2.75, 3.05) is 6.61 Å². The molecule has 0 atom stereocenters. The molecule has 16 heavy (non-hydrogen) atoms. The first-order valence-corrected chi connectivity index (χ1v) is 4.60. The first-order chi connectivity index (χ1) is 7.13. The summed E-state index contributed by atoms with van der Waals surface area (Å²) in [6.45, 7) is 2.50. The molecular weight excluding hydrogens is 324 g/mol. The molecule has 1 aromatic rings. The molecule has 0 saturated heterocycles. The zero-order valence-electron chi connectivity index (χ0n) is 8.94. The lowest BCUT2D eigenvalue weighted by Gasteiger charge is -2.05.